The molecule has 0 aliphatic carbocycles. The average molecular weight is 618 g/mol. The van der Waals surface area contributed by atoms with E-state index in [0.717, 1.165) is 54.6 Å². The number of phenolic OH excluding ortho intramolecular Hbond substituents is 3. The van der Waals surface area contributed by atoms with E-state index in [1.807, 2.05) is 0 Å². The molecule has 0 bridgehead atoms. The van der Waals surface area contributed by atoms with Gasteiger partial charge >= 0.3 is 124 Å². The summed E-state index contributed by atoms with van der Waals surface area (Å²) in [6, 6.07) is 8.82. The molecule has 3 aromatic rings. The van der Waals surface area contributed by atoms with Crippen LogP contribution in [0.25, 0.3) is 0 Å². The van der Waals surface area contributed by atoms with Gasteiger partial charge in [-0.1, -0.05) is 0 Å². The molecule has 210 valence electrons. The van der Waals surface area contributed by atoms with E-state index < -0.39 is 35.8 Å². The molecule has 0 aliphatic heterocycles. The Morgan fingerprint density at radius 2 is 0.429 bits per heavy atom. The Labute approximate surface area is 301 Å². The minimum atomic E-state index is -1.28. The van der Waals surface area contributed by atoms with Crippen LogP contribution in [0.3, 0.4) is 0 Å². The summed E-state index contributed by atoms with van der Waals surface area (Å²) in [7, 11) is 0. The van der Waals surface area contributed by atoms with Gasteiger partial charge in [-0.3, -0.25) is 0 Å². The molecule has 0 fully saturated rings. The first kappa shape index (κ1) is 43.3. The Hall–Kier alpha value is -3.12. The van der Waals surface area contributed by atoms with Crippen LogP contribution in [0.15, 0.2) is 54.6 Å². The Kier molecular flexibility index (Phi) is 20.5. The van der Waals surface area contributed by atoms with Gasteiger partial charge in [-0.15, -0.1) is 0 Å². The third-order valence-electron chi connectivity index (χ3n) is 4.24. The fourth-order valence-corrected chi connectivity index (χ4v) is 2.57. The van der Waals surface area contributed by atoms with E-state index in [1.54, 1.807) is 0 Å². The maximum absolute atomic E-state index is 10.4. The third-order valence-corrected chi connectivity index (χ3v) is 4.24. The van der Waals surface area contributed by atoms with Crippen LogP contribution in [-0.2, 0) is 0 Å². The SMILES string of the molecule is O=C(O)c1cc(O)cc(C(=O)O)c1.O=C(O)c1cc(O)cc(C(=O)O)c1.O=C(O)c1cc(O)cc(C(=O)O)c1.[NaH].[NaH].[NaH]. The van der Waals surface area contributed by atoms with Crippen molar-refractivity contribution in [3.63, 3.8) is 0 Å². The van der Waals surface area contributed by atoms with E-state index >= 15 is 0 Å². The monoisotopic (exact) mass is 618 g/mol. The number of phenols is 3. The van der Waals surface area contributed by atoms with Crippen LogP contribution in [0.4, 0.5) is 0 Å². The van der Waals surface area contributed by atoms with E-state index in [-0.39, 0.29) is 139 Å². The molecule has 9 N–H and O–H groups in total. The second-order valence-electron chi connectivity index (χ2n) is 7.14. The molecule has 3 aromatic carbocycles. The minimum absolute atomic E-state index is 0. The standard InChI is InChI=1S/3C8H6O5.3Na.3H/c3*9-6-2-4(7(10)11)1-5(3-6)8(12)13;;;;;;/h3*1-3,9H,(H,10,11)(H,12,13);;;;;;. The predicted molar refractivity (Wildman–Crippen MR) is 148 cm³/mol. The first-order valence-corrected chi connectivity index (χ1v) is 9.93. The maximum atomic E-state index is 10.4. The van der Waals surface area contributed by atoms with Crippen LogP contribution >= 0.6 is 0 Å². The molecule has 0 saturated heterocycles. The molecule has 0 spiro atoms. The van der Waals surface area contributed by atoms with E-state index in [2.05, 4.69) is 0 Å². The third kappa shape index (κ3) is 14.7. The molecule has 0 saturated carbocycles. The molecule has 0 aliphatic rings. The van der Waals surface area contributed by atoms with E-state index in [4.69, 9.17) is 46.0 Å². The molecule has 15 nitrogen and oxygen atoms in total. The second kappa shape index (κ2) is 19.9. The van der Waals surface area contributed by atoms with Gasteiger partial charge in [0.05, 0.1) is 33.4 Å². The van der Waals surface area contributed by atoms with Crippen molar-refractivity contribution in [2.45, 2.75) is 0 Å². The first-order valence-electron chi connectivity index (χ1n) is 9.93. The van der Waals surface area contributed by atoms with Gasteiger partial charge in [0, 0.05) is 0 Å². The van der Waals surface area contributed by atoms with Gasteiger partial charge in [0.1, 0.15) is 17.2 Å². The van der Waals surface area contributed by atoms with Crippen molar-refractivity contribution < 1.29 is 74.7 Å². The fraction of sp³-hybridized carbons (Fsp3) is 0. The second-order valence-corrected chi connectivity index (χ2v) is 7.14. The molecule has 18 heteroatoms. The first-order chi connectivity index (χ1) is 18.0. The van der Waals surface area contributed by atoms with Gasteiger partial charge in [-0.2, -0.15) is 0 Å². The number of hydrogen-bond acceptors (Lipinski definition) is 9. The zero-order valence-corrected chi connectivity index (χ0v) is 19.2. The summed E-state index contributed by atoms with van der Waals surface area (Å²) in [6.45, 7) is 0. The predicted octanol–water partition coefficient (Wildman–Crippen LogP) is 0.420. The molecule has 0 atom stereocenters. The average Bonchev–Trinajstić information content (AvgIpc) is 2.83. The van der Waals surface area contributed by atoms with Crippen molar-refractivity contribution >= 4 is 124 Å². The molecule has 0 radical (unpaired) electrons. The topological polar surface area (TPSA) is 284 Å². The quantitative estimate of drug-likeness (QED) is 0.169. The van der Waals surface area contributed by atoms with Crippen LogP contribution in [-0.4, -0.2) is 170 Å². The number of aromatic carboxylic acids is 6. The van der Waals surface area contributed by atoms with Gasteiger partial charge in [-0.25, -0.2) is 28.8 Å². The van der Waals surface area contributed by atoms with Crippen LogP contribution in [0, 0.1) is 0 Å². The number of benzene rings is 3. The Bertz CT molecular complexity index is 1200. The van der Waals surface area contributed by atoms with Crippen LogP contribution in [0.5, 0.6) is 17.2 Å². The van der Waals surface area contributed by atoms with E-state index in [9.17, 15) is 28.8 Å². The Morgan fingerprint density at radius 1 is 0.310 bits per heavy atom. The summed E-state index contributed by atoms with van der Waals surface area (Å²) in [4.78, 5) is 62.5. The number of carbonyl (C=O) groups is 6. The molecule has 0 amide bonds. The van der Waals surface area contributed by atoms with Gasteiger partial charge < -0.3 is 46.0 Å². The van der Waals surface area contributed by atoms with Crippen molar-refractivity contribution in [2.24, 2.45) is 0 Å². The van der Waals surface area contributed by atoms with Gasteiger partial charge in [0.15, 0.2) is 0 Å². The van der Waals surface area contributed by atoms with E-state index in [1.165, 1.54) is 0 Å². The van der Waals surface area contributed by atoms with Gasteiger partial charge in [-0.05, 0) is 54.6 Å². The molecule has 3 rings (SSSR count). The van der Waals surface area contributed by atoms with E-state index in [0.29, 0.717) is 0 Å². The number of rotatable bonds is 6. The number of aromatic hydroxyl groups is 3. The molecule has 0 aromatic heterocycles. The van der Waals surface area contributed by atoms with Crippen LogP contribution in [0.1, 0.15) is 62.1 Å². The summed E-state index contributed by atoms with van der Waals surface area (Å²) in [5.74, 6) is -8.81. The number of carboxylic acid groups (broad SMARTS) is 6. The summed E-state index contributed by atoms with van der Waals surface area (Å²) in [6.07, 6.45) is 0. The molecular formula is C24H21Na3O15. The van der Waals surface area contributed by atoms with Crippen molar-refractivity contribution in [1.82, 2.24) is 0 Å². The van der Waals surface area contributed by atoms with Crippen LogP contribution < -0.4 is 0 Å². The molecular weight excluding hydrogens is 597 g/mol. The number of hydrogen-bond donors (Lipinski definition) is 9. The zero-order valence-electron chi connectivity index (χ0n) is 19.2. The summed E-state index contributed by atoms with van der Waals surface area (Å²) in [5, 5.41) is 78.0. The summed E-state index contributed by atoms with van der Waals surface area (Å²) in [5.41, 5.74) is -1.51. The summed E-state index contributed by atoms with van der Waals surface area (Å²) >= 11 is 0. The molecule has 0 unspecified atom stereocenters. The number of carboxylic acids is 6. The van der Waals surface area contributed by atoms with Gasteiger partial charge in [0.2, 0.25) is 0 Å². The molecule has 42 heavy (non-hydrogen) atoms. The fourth-order valence-electron chi connectivity index (χ4n) is 2.57. The zero-order chi connectivity index (χ0) is 30.0. The Morgan fingerprint density at radius 3 is 0.524 bits per heavy atom. The Balaban J connectivity index is -0.000000524. The normalized spacial score (nSPS) is 8.86. The molecule has 0 heterocycles. The van der Waals surface area contributed by atoms with Crippen molar-refractivity contribution in [3.05, 3.63) is 88.0 Å². The van der Waals surface area contributed by atoms with Crippen molar-refractivity contribution in [3.8, 4) is 17.2 Å². The summed E-state index contributed by atoms with van der Waals surface area (Å²) < 4.78 is 0. The van der Waals surface area contributed by atoms with Gasteiger partial charge in [0.25, 0.3) is 0 Å². The van der Waals surface area contributed by atoms with Crippen LogP contribution in [0.2, 0.25) is 0 Å². The van der Waals surface area contributed by atoms with Crippen molar-refractivity contribution in [1.29, 1.82) is 0 Å². The van der Waals surface area contributed by atoms with Crippen molar-refractivity contribution in [2.75, 3.05) is 0 Å².